The molecule has 0 bridgehead atoms. The fourth-order valence-corrected chi connectivity index (χ4v) is 3.61. The van der Waals surface area contributed by atoms with Crippen LogP contribution in [0.3, 0.4) is 0 Å². The van der Waals surface area contributed by atoms with Crippen LogP contribution in [0.15, 0.2) is 47.2 Å². The predicted molar refractivity (Wildman–Crippen MR) is 115 cm³/mol. The second-order valence-corrected chi connectivity index (χ2v) is 7.72. The highest BCUT2D eigenvalue weighted by Crippen LogP contribution is 2.29. The van der Waals surface area contributed by atoms with Crippen LogP contribution >= 0.6 is 0 Å². The zero-order chi connectivity index (χ0) is 23.1. The Morgan fingerprint density at radius 3 is 2.85 bits per heavy atom. The minimum Gasteiger partial charge on any atom is -0.465 e. The number of hydrogen-bond acceptors (Lipinski definition) is 7. The van der Waals surface area contributed by atoms with Gasteiger partial charge in [-0.2, -0.15) is 10.2 Å². The van der Waals surface area contributed by atoms with Crippen molar-refractivity contribution in [2.75, 3.05) is 18.4 Å². The molecule has 1 aliphatic rings. The average molecular weight is 443 g/mol. The van der Waals surface area contributed by atoms with Gasteiger partial charge in [-0.25, -0.2) is 9.78 Å². The van der Waals surface area contributed by atoms with E-state index in [1.54, 1.807) is 28.8 Å². The third-order valence-electron chi connectivity index (χ3n) is 5.56. The van der Waals surface area contributed by atoms with Crippen LogP contribution in [0, 0.1) is 18.3 Å². The molecule has 11 nitrogen and oxygen atoms in total. The van der Waals surface area contributed by atoms with E-state index in [9.17, 15) is 9.59 Å². The zero-order valence-electron chi connectivity index (χ0n) is 17.4. The molecule has 11 heteroatoms. The molecule has 2 amide bonds. The highest BCUT2D eigenvalue weighted by molar-refractivity contribution is 6.04. The SMILES string of the molecule is Cc1ccc(-c2noc(C3CN(C(=O)O)C3)n2)cc1NC(=O)c1cnc2cc(C#N)ccn12. The molecule has 4 aromatic rings. The van der Waals surface area contributed by atoms with Crippen molar-refractivity contribution in [3.05, 3.63) is 65.4 Å². The van der Waals surface area contributed by atoms with Crippen LogP contribution in [0.2, 0.25) is 0 Å². The molecule has 1 aromatic carbocycles. The van der Waals surface area contributed by atoms with Crippen LogP contribution in [-0.4, -0.2) is 54.6 Å². The summed E-state index contributed by atoms with van der Waals surface area (Å²) >= 11 is 0. The summed E-state index contributed by atoms with van der Waals surface area (Å²) in [7, 11) is 0. The monoisotopic (exact) mass is 443 g/mol. The van der Waals surface area contributed by atoms with E-state index in [2.05, 4.69) is 20.4 Å². The fourth-order valence-electron chi connectivity index (χ4n) is 3.61. The van der Waals surface area contributed by atoms with Crippen molar-refractivity contribution >= 4 is 23.3 Å². The summed E-state index contributed by atoms with van der Waals surface area (Å²) in [4.78, 5) is 33.7. The lowest BCUT2D eigenvalue weighted by molar-refractivity contribution is 0.0958. The third-order valence-corrected chi connectivity index (χ3v) is 5.56. The summed E-state index contributed by atoms with van der Waals surface area (Å²) in [6, 6.07) is 10.7. The number of amides is 2. The number of aryl methyl sites for hydroxylation is 1. The summed E-state index contributed by atoms with van der Waals surface area (Å²) < 4.78 is 6.94. The van der Waals surface area contributed by atoms with Gasteiger partial charge in [0.05, 0.1) is 23.7 Å². The van der Waals surface area contributed by atoms with Gasteiger partial charge in [0, 0.05) is 30.5 Å². The summed E-state index contributed by atoms with van der Waals surface area (Å²) in [6.07, 6.45) is 2.11. The highest BCUT2D eigenvalue weighted by atomic mass is 16.5. The summed E-state index contributed by atoms with van der Waals surface area (Å²) in [5.41, 5.74) is 3.36. The smallest absolute Gasteiger partial charge is 0.407 e. The Labute approximate surface area is 186 Å². The summed E-state index contributed by atoms with van der Waals surface area (Å²) in [6.45, 7) is 2.51. The number of nitrogens with zero attached hydrogens (tertiary/aromatic N) is 6. The Bertz CT molecular complexity index is 1440. The van der Waals surface area contributed by atoms with E-state index in [1.165, 1.54) is 11.1 Å². The molecule has 164 valence electrons. The number of carbonyl (C=O) groups is 2. The first-order valence-corrected chi connectivity index (χ1v) is 10.0. The molecule has 5 rings (SSSR count). The number of hydrogen-bond donors (Lipinski definition) is 2. The van der Waals surface area contributed by atoms with Crippen LogP contribution < -0.4 is 5.32 Å². The number of imidazole rings is 1. The molecule has 1 aliphatic heterocycles. The Morgan fingerprint density at radius 1 is 1.27 bits per heavy atom. The molecule has 0 spiro atoms. The molecule has 1 fully saturated rings. The molecule has 3 aromatic heterocycles. The Morgan fingerprint density at radius 2 is 2.09 bits per heavy atom. The number of carboxylic acid groups (broad SMARTS) is 1. The number of aromatic nitrogens is 4. The molecule has 0 radical (unpaired) electrons. The van der Waals surface area contributed by atoms with E-state index in [0.717, 1.165) is 5.56 Å². The fraction of sp³-hybridized carbons (Fsp3) is 0.182. The summed E-state index contributed by atoms with van der Waals surface area (Å²) in [5.74, 6) is 0.261. The minimum absolute atomic E-state index is 0.122. The quantitative estimate of drug-likeness (QED) is 0.489. The second kappa shape index (κ2) is 7.76. The van der Waals surface area contributed by atoms with Crippen LogP contribution in [0.25, 0.3) is 17.0 Å². The molecule has 33 heavy (non-hydrogen) atoms. The number of rotatable bonds is 4. The van der Waals surface area contributed by atoms with E-state index in [1.807, 2.05) is 25.1 Å². The Hall–Kier alpha value is -4.72. The highest BCUT2D eigenvalue weighted by Gasteiger charge is 2.35. The van der Waals surface area contributed by atoms with Crippen LogP contribution in [0.1, 0.15) is 33.4 Å². The van der Waals surface area contributed by atoms with Gasteiger partial charge in [0.2, 0.25) is 11.7 Å². The van der Waals surface area contributed by atoms with E-state index < -0.39 is 6.09 Å². The van der Waals surface area contributed by atoms with Crippen molar-refractivity contribution in [1.29, 1.82) is 5.26 Å². The van der Waals surface area contributed by atoms with Gasteiger partial charge in [0.25, 0.3) is 5.91 Å². The van der Waals surface area contributed by atoms with Gasteiger partial charge >= 0.3 is 6.09 Å². The van der Waals surface area contributed by atoms with Crippen molar-refractivity contribution in [3.8, 4) is 17.5 Å². The van der Waals surface area contributed by atoms with E-state index in [4.69, 9.17) is 14.9 Å². The standard InChI is InChI=1S/C22H17N7O4/c1-12-2-3-14(19-26-21(33-27-19)15-10-28(11-15)22(31)32)7-16(12)25-20(30)17-9-24-18-6-13(8-23)4-5-29(17)18/h2-7,9,15H,10-11H2,1H3,(H,25,30)(H,31,32). The first-order valence-electron chi connectivity index (χ1n) is 10.0. The van der Waals surface area contributed by atoms with E-state index in [0.29, 0.717) is 53.0 Å². The largest absolute Gasteiger partial charge is 0.465 e. The average Bonchev–Trinajstić information content (AvgIpc) is 3.41. The minimum atomic E-state index is -0.971. The van der Waals surface area contributed by atoms with Crippen LogP contribution in [0.4, 0.5) is 10.5 Å². The lowest BCUT2D eigenvalue weighted by atomic mass is 10.0. The first-order chi connectivity index (χ1) is 15.9. The topological polar surface area (TPSA) is 150 Å². The van der Waals surface area contributed by atoms with Gasteiger partial charge in [-0.05, 0) is 30.7 Å². The number of pyridine rings is 1. The molecule has 0 saturated carbocycles. The molecular formula is C22H17N7O4. The van der Waals surface area contributed by atoms with Gasteiger partial charge in [-0.15, -0.1) is 0 Å². The maximum atomic E-state index is 12.9. The maximum absolute atomic E-state index is 12.9. The van der Waals surface area contributed by atoms with Gasteiger partial charge in [0.1, 0.15) is 11.3 Å². The van der Waals surface area contributed by atoms with Crippen molar-refractivity contribution in [2.45, 2.75) is 12.8 Å². The Balaban J connectivity index is 1.36. The molecule has 2 N–H and O–H groups in total. The van der Waals surface area contributed by atoms with Gasteiger partial charge < -0.3 is 19.8 Å². The maximum Gasteiger partial charge on any atom is 0.407 e. The lowest BCUT2D eigenvalue weighted by Crippen LogP contribution is -2.47. The van der Waals surface area contributed by atoms with Gasteiger partial charge in [-0.3, -0.25) is 9.20 Å². The van der Waals surface area contributed by atoms with Gasteiger partial charge in [-0.1, -0.05) is 17.3 Å². The molecule has 0 aliphatic carbocycles. The van der Waals surface area contributed by atoms with Gasteiger partial charge in [0.15, 0.2) is 0 Å². The number of benzene rings is 1. The number of carbonyl (C=O) groups excluding carboxylic acids is 1. The van der Waals surface area contributed by atoms with Crippen molar-refractivity contribution < 1.29 is 19.2 Å². The second-order valence-electron chi connectivity index (χ2n) is 7.72. The summed E-state index contributed by atoms with van der Waals surface area (Å²) in [5, 5.41) is 24.9. The predicted octanol–water partition coefficient (Wildman–Crippen LogP) is 2.89. The molecular weight excluding hydrogens is 426 g/mol. The number of nitrogens with one attached hydrogen (secondary N) is 1. The number of likely N-dealkylation sites (tertiary alicyclic amines) is 1. The number of fused-ring (bicyclic) bond motifs is 1. The van der Waals surface area contributed by atoms with Crippen molar-refractivity contribution in [1.82, 2.24) is 24.4 Å². The zero-order valence-corrected chi connectivity index (χ0v) is 17.4. The van der Waals surface area contributed by atoms with E-state index in [-0.39, 0.29) is 11.8 Å². The number of anilines is 1. The van der Waals surface area contributed by atoms with Crippen LogP contribution in [0.5, 0.6) is 0 Å². The van der Waals surface area contributed by atoms with Crippen molar-refractivity contribution in [3.63, 3.8) is 0 Å². The molecule has 1 saturated heterocycles. The molecule has 4 heterocycles. The molecule has 0 unspecified atom stereocenters. The third kappa shape index (κ3) is 3.63. The first kappa shape index (κ1) is 20.2. The number of nitriles is 1. The van der Waals surface area contributed by atoms with Crippen LogP contribution in [-0.2, 0) is 0 Å². The lowest BCUT2D eigenvalue weighted by Gasteiger charge is -2.34. The molecule has 0 atom stereocenters. The normalized spacial score (nSPS) is 13.5. The van der Waals surface area contributed by atoms with Crippen molar-refractivity contribution in [2.24, 2.45) is 0 Å². The van der Waals surface area contributed by atoms with E-state index >= 15 is 0 Å². The Kier molecular flexibility index (Phi) is 4.75.